The number of alkyl halides is 1. The Labute approximate surface area is 137 Å². The molecule has 0 aromatic heterocycles. The van der Waals surface area contributed by atoms with Gasteiger partial charge in [0.1, 0.15) is 6.17 Å². The Morgan fingerprint density at radius 3 is 2.70 bits per heavy atom. The van der Waals surface area contributed by atoms with Crippen molar-refractivity contribution in [3.05, 3.63) is 23.8 Å². The molecule has 0 aromatic rings. The molecule has 23 heavy (non-hydrogen) atoms. The molecule has 2 fully saturated rings. The van der Waals surface area contributed by atoms with Gasteiger partial charge in [-0.05, 0) is 42.9 Å². The molecule has 0 radical (unpaired) electrons. The van der Waals surface area contributed by atoms with Crippen LogP contribution in [0.15, 0.2) is 23.8 Å². The standard InChI is InChI=1S/C19H28FNO2/c1-18-5-3-11(22)7-10(18)8-15(23)16-12(18)4-6-19(2)13(16)9-14(20)17(19)21/h3-5,10-11,13-17,22-23H,6-9,21H2,1-2H3/t10-,11-,13-,14+,15-,16+,17-,18-,19-/m0/s1. The lowest BCUT2D eigenvalue weighted by Crippen LogP contribution is -2.54. The molecule has 0 heterocycles. The van der Waals surface area contributed by atoms with Gasteiger partial charge in [0.05, 0.1) is 12.2 Å². The van der Waals surface area contributed by atoms with E-state index in [2.05, 4.69) is 26.0 Å². The van der Waals surface area contributed by atoms with E-state index in [9.17, 15) is 14.6 Å². The molecule has 0 bridgehead atoms. The van der Waals surface area contributed by atoms with Gasteiger partial charge in [0.2, 0.25) is 0 Å². The van der Waals surface area contributed by atoms with Crippen LogP contribution in [0, 0.1) is 28.6 Å². The molecule has 4 rings (SSSR count). The monoisotopic (exact) mass is 321 g/mol. The second kappa shape index (κ2) is 4.90. The molecule has 3 nitrogen and oxygen atoms in total. The van der Waals surface area contributed by atoms with Gasteiger partial charge in [-0.1, -0.05) is 37.6 Å². The fraction of sp³-hybridized carbons (Fsp3) is 0.789. The van der Waals surface area contributed by atoms with Crippen molar-refractivity contribution in [3.63, 3.8) is 0 Å². The Hall–Kier alpha value is -0.710. The Bertz CT molecular complexity index is 576. The van der Waals surface area contributed by atoms with Crippen LogP contribution in [0.25, 0.3) is 0 Å². The van der Waals surface area contributed by atoms with Crippen molar-refractivity contribution in [2.45, 2.75) is 64.0 Å². The minimum atomic E-state index is -0.973. The predicted octanol–water partition coefficient (Wildman–Crippen LogP) is 2.33. The molecular weight excluding hydrogens is 293 g/mol. The first-order chi connectivity index (χ1) is 10.8. The van der Waals surface area contributed by atoms with Gasteiger partial charge < -0.3 is 15.9 Å². The molecule has 128 valence electrons. The lowest BCUT2D eigenvalue weighted by atomic mass is 9.49. The van der Waals surface area contributed by atoms with Gasteiger partial charge in [0, 0.05) is 17.4 Å². The van der Waals surface area contributed by atoms with Crippen molar-refractivity contribution in [1.29, 1.82) is 0 Å². The first kappa shape index (κ1) is 15.8. The van der Waals surface area contributed by atoms with Crippen LogP contribution in [-0.2, 0) is 0 Å². The minimum absolute atomic E-state index is 0.00157. The molecule has 4 N–H and O–H groups in total. The van der Waals surface area contributed by atoms with Gasteiger partial charge in [0.15, 0.2) is 0 Å². The topological polar surface area (TPSA) is 66.5 Å². The third-order valence-electron chi connectivity index (χ3n) is 7.63. The van der Waals surface area contributed by atoms with E-state index in [0.717, 1.165) is 6.42 Å². The normalized spacial score (nSPS) is 58.2. The van der Waals surface area contributed by atoms with Crippen molar-refractivity contribution in [2.24, 2.45) is 34.3 Å². The van der Waals surface area contributed by atoms with E-state index in [1.165, 1.54) is 5.57 Å². The van der Waals surface area contributed by atoms with E-state index in [1.807, 2.05) is 6.08 Å². The zero-order chi connectivity index (χ0) is 16.6. The third-order valence-corrected chi connectivity index (χ3v) is 7.63. The molecule has 4 aliphatic carbocycles. The zero-order valence-corrected chi connectivity index (χ0v) is 14.0. The van der Waals surface area contributed by atoms with Gasteiger partial charge >= 0.3 is 0 Å². The van der Waals surface area contributed by atoms with Crippen molar-refractivity contribution in [1.82, 2.24) is 0 Å². The number of halogens is 1. The first-order valence-electron chi connectivity index (χ1n) is 8.93. The van der Waals surface area contributed by atoms with E-state index in [1.54, 1.807) is 0 Å². The largest absolute Gasteiger partial charge is 0.392 e. The fourth-order valence-electron chi connectivity index (χ4n) is 6.07. The first-order valence-corrected chi connectivity index (χ1v) is 8.93. The summed E-state index contributed by atoms with van der Waals surface area (Å²) >= 11 is 0. The Balaban J connectivity index is 1.78. The van der Waals surface area contributed by atoms with E-state index >= 15 is 0 Å². The van der Waals surface area contributed by atoms with Crippen molar-refractivity contribution in [3.8, 4) is 0 Å². The summed E-state index contributed by atoms with van der Waals surface area (Å²) in [6, 6.07) is -0.438. The number of nitrogens with two attached hydrogens (primary N) is 1. The summed E-state index contributed by atoms with van der Waals surface area (Å²) < 4.78 is 14.4. The maximum atomic E-state index is 14.4. The molecule has 9 atom stereocenters. The van der Waals surface area contributed by atoms with Crippen LogP contribution < -0.4 is 5.73 Å². The summed E-state index contributed by atoms with van der Waals surface area (Å²) in [5.74, 6) is 0.364. The summed E-state index contributed by atoms with van der Waals surface area (Å²) in [7, 11) is 0. The molecule has 0 unspecified atom stereocenters. The molecular formula is C19H28FNO2. The van der Waals surface area contributed by atoms with Crippen LogP contribution in [0.1, 0.15) is 39.5 Å². The van der Waals surface area contributed by atoms with Gasteiger partial charge in [0.25, 0.3) is 0 Å². The number of fused-ring (bicyclic) bond motifs is 5. The van der Waals surface area contributed by atoms with Gasteiger partial charge in [-0.2, -0.15) is 0 Å². The van der Waals surface area contributed by atoms with Crippen LogP contribution >= 0.6 is 0 Å². The number of aliphatic hydroxyl groups is 2. The van der Waals surface area contributed by atoms with Crippen LogP contribution in [0.3, 0.4) is 0 Å². The van der Waals surface area contributed by atoms with Crippen LogP contribution in [0.5, 0.6) is 0 Å². The van der Waals surface area contributed by atoms with Crippen molar-refractivity contribution < 1.29 is 14.6 Å². The highest BCUT2D eigenvalue weighted by molar-refractivity contribution is 5.36. The third kappa shape index (κ3) is 1.98. The number of hydrogen-bond donors (Lipinski definition) is 3. The molecule has 0 saturated heterocycles. The summed E-state index contributed by atoms with van der Waals surface area (Å²) in [5, 5.41) is 20.8. The second-order valence-corrected chi connectivity index (χ2v) is 8.72. The van der Waals surface area contributed by atoms with E-state index < -0.39 is 24.4 Å². The predicted molar refractivity (Wildman–Crippen MR) is 87.3 cm³/mol. The maximum Gasteiger partial charge on any atom is 0.116 e. The Morgan fingerprint density at radius 2 is 1.96 bits per heavy atom. The Morgan fingerprint density at radius 1 is 1.22 bits per heavy atom. The second-order valence-electron chi connectivity index (χ2n) is 8.72. The average Bonchev–Trinajstić information content (AvgIpc) is 2.73. The fourth-order valence-corrected chi connectivity index (χ4v) is 6.07. The highest BCUT2D eigenvalue weighted by Crippen LogP contribution is 2.63. The highest BCUT2D eigenvalue weighted by Gasteiger charge is 2.60. The molecule has 0 spiro atoms. The number of aliphatic hydroxyl groups excluding tert-OH is 2. The lowest BCUT2D eigenvalue weighted by molar-refractivity contribution is -0.0340. The Kier molecular flexibility index (Phi) is 3.37. The van der Waals surface area contributed by atoms with E-state index in [4.69, 9.17) is 5.73 Å². The van der Waals surface area contributed by atoms with Crippen molar-refractivity contribution in [2.75, 3.05) is 0 Å². The zero-order valence-electron chi connectivity index (χ0n) is 14.0. The molecule has 4 heteroatoms. The summed E-state index contributed by atoms with van der Waals surface area (Å²) in [6.07, 6.45) is 7.02. The molecule has 0 aromatic carbocycles. The van der Waals surface area contributed by atoms with Crippen LogP contribution in [0.2, 0.25) is 0 Å². The average molecular weight is 321 g/mol. The molecule has 4 aliphatic rings. The molecule has 0 aliphatic heterocycles. The highest BCUT2D eigenvalue weighted by atomic mass is 19.1. The summed E-state index contributed by atoms with van der Waals surface area (Å²) in [4.78, 5) is 0. The summed E-state index contributed by atoms with van der Waals surface area (Å²) in [5.41, 5.74) is 7.07. The van der Waals surface area contributed by atoms with Crippen LogP contribution in [0.4, 0.5) is 4.39 Å². The van der Waals surface area contributed by atoms with E-state index in [-0.39, 0.29) is 28.6 Å². The SMILES string of the molecule is C[C@]12CC=C3[C@@H]([C@@H](O)C[C@@H]4C[C@@H](O)C=C[C@]34C)[C@@H]1C[C@@H](F)[C@@H]2N. The number of hydrogen-bond acceptors (Lipinski definition) is 3. The molecule has 0 amide bonds. The maximum absolute atomic E-state index is 14.4. The van der Waals surface area contributed by atoms with Crippen LogP contribution in [-0.4, -0.2) is 34.6 Å². The molecule has 2 saturated carbocycles. The summed E-state index contributed by atoms with van der Waals surface area (Å²) in [6.45, 7) is 4.31. The van der Waals surface area contributed by atoms with Gasteiger partial charge in [-0.25, -0.2) is 4.39 Å². The minimum Gasteiger partial charge on any atom is -0.392 e. The quantitative estimate of drug-likeness (QED) is 0.600. The van der Waals surface area contributed by atoms with Gasteiger partial charge in [-0.15, -0.1) is 0 Å². The van der Waals surface area contributed by atoms with Crippen molar-refractivity contribution >= 4 is 0 Å². The van der Waals surface area contributed by atoms with E-state index in [0.29, 0.717) is 19.3 Å². The lowest BCUT2D eigenvalue weighted by Gasteiger charge is -2.56. The number of rotatable bonds is 0. The van der Waals surface area contributed by atoms with Gasteiger partial charge in [-0.3, -0.25) is 0 Å². The smallest absolute Gasteiger partial charge is 0.116 e. The number of allylic oxidation sites excluding steroid dienone is 2.